The van der Waals surface area contributed by atoms with Gasteiger partial charge in [-0.05, 0) is 49.3 Å². The summed E-state index contributed by atoms with van der Waals surface area (Å²) in [5.41, 5.74) is 5.90. The second-order valence-electron chi connectivity index (χ2n) is 7.31. The van der Waals surface area contributed by atoms with Gasteiger partial charge in [0.25, 0.3) is 0 Å². The van der Waals surface area contributed by atoms with Gasteiger partial charge in [-0.25, -0.2) is 0 Å². The molecule has 1 nitrogen and oxygen atoms in total. The first kappa shape index (κ1) is 17.4. The lowest BCUT2D eigenvalue weighted by atomic mass is 10.2. The molecular weight excluding hydrogens is 304 g/mol. The molecule has 1 aromatic carbocycles. The molecule has 0 saturated carbocycles. The maximum atomic E-state index is 6.26. The van der Waals surface area contributed by atoms with E-state index in [0.29, 0.717) is 6.61 Å². The van der Waals surface area contributed by atoms with Crippen molar-refractivity contribution in [2.75, 3.05) is 6.61 Å². The van der Waals surface area contributed by atoms with Gasteiger partial charge in [0.1, 0.15) is 0 Å². The van der Waals surface area contributed by atoms with Gasteiger partial charge in [-0.3, -0.25) is 0 Å². The molecule has 0 atom stereocenters. The Morgan fingerprint density at radius 1 is 1.09 bits per heavy atom. The van der Waals surface area contributed by atoms with Gasteiger partial charge in [0, 0.05) is 10.5 Å². The smallest absolute Gasteiger partial charge is 0.192 e. The first-order valence-corrected chi connectivity index (χ1v) is 11.5. The molecule has 1 aliphatic carbocycles. The predicted octanol–water partition coefficient (Wildman–Crippen LogP) is 6.09. The van der Waals surface area contributed by atoms with Crippen LogP contribution in [0.5, 0.6) is 0 Å². The quantitative estimate of drug-likeness (QED) is 0.477. The Hall–Kier alpha value is -0.993. The zero-order chi connectivity index (χ0) is 16.4. The van der Waals surface area contributed by atoms with Crippen LogP contribution in [-0.2, 0) is 4.43 Å². The summed E-state index contributed by atoms with van der Waals surface area (Å²) < 4.78 is 6.26. The van der Waals surface area contributed by atoms with E-state index in [1.807, 2.05) is 0 Å². The third-order valence-electron chi connectivity index (χ3n) is 4.36. The van der Waals surface area contributed by atoms with Gasteiger partial charge in [-0.2, -0.15) is 0 Å². The Morgan fingerprint density at radius 2 is 1.73 bits per heavy atom. The fourth-order valence-corrected chi connectivity index (χ4v) is 3.56. The Morgan fingerprint density at radius 3 is 2.32 bits per heavy atom. The number of aryl methyl sites for hydroxylation is 1. The molecule has 0 bridgehead atoms. The molecular formula is C19H26OSSi. The molecule has 1 aliphatic rings. The first-order valence-electron chi connectivity index (χ1n) is 7.74. The van der Waals surface area contributed by atoms with Gasteiger partial charge < -0.3 is 4.43 Å². The summed E-state index contributed by atoms with van der Waals surface area (Å²) >= 11 is 1.76. The van der Waals surface area contributed by atoms with Gasteiger partial charge in [-0.15, -0.1) is 0 Å². The summed E-state index contributed by atoms with van der Waals surface area (Å²) in [6.45, 7) is 14.2. The number of benzene rings is 1. The summed E-state index contributed by atoms with van der Waals surface area (Å²) in [6.07, 6.45) is 4.26. The lowest BCUT2D eigenvalue weighted by molar-refractivity contribution is 0.322. The van der Waals surface area contributed by atoms with E-state index < -0.39 is 8.32 Å². The number of hydrogen-bond acceptors (Lipinski definition) is 2. The fraction of sp³-hybridized carbons (Fsp3) is 0.421. The lowest BCUT2D eigenvalue weighted by Crippen LogP contribution is -2.41. The topological polar surface area (TPSA) is 9.23 Å². The maximum absolute atomic E-state index is 6.26. The van der Waals surface area contributed by atoms with E-state index in [1.54, 1.807) is 11.8 Å². The second kappa shape index (κ2) is 6.63. The van der Waals surface area contributed by atoms with Crippen molar-refractivity contribution in [1.29, 1.82) is 0 Å². The summed E-state index contributed by atoms with van der Waals surface area (Å²) in [6, 6.07) is 8.61. The highest BCUT2D eigenvalue weighted by molar-refractivity contribution is 8.03. The van der Waals surface area contributed by atoms with E-state index in [4.69, 9.17) is 4.43 Å². The van der Waals surface area contributed by atoms with Crippen molar-refractivity contribution in [3.05, 3.63) is 58.2 Å². The molecule has 118 valence electrons. The third-order valence-corrected chi connectivity index (χ3v) is 9.81. The Kier molecular flexibility index (Phi) is 5.24. The molecule has 0 radical (unpaired) electrons. The van der Waals surface area contributed by atoms with Crippen molar-refractivity contribution in [2.45, 2.75) is 50.7 Å². The Labute approximate surface area is 140 Å². The monoisotopic (exact) mass is 330 g/mol. The first-order chi connectivity index (χ1) is 10.2. The van der Waals surface area contributed by atoms with Crippen LogP contribution >= 0.6 is 11.8 Å². The number of rotatable bonds is 5. The second-order valence-corrected chi connectivity index (χ2v) is 13.2. The van der Waals surface area contributed by atoms with E-state index in [9.17, 15) is 0 Å². The maximum Gasteiger partial charge on any atom is 0.192 e. The molecule has 0 unspecified atom stereocenters. The third kappa shape index (κ3) is 4.50. The molecule has 3 heteroatoms. The molecule has 0 N–H and O–H groups in total. The minimum absolute atomic E-state index is 0.249. The molecule has 0 aromatic heterocycles. The average Bonchev–Trinajstić information content (AvgIpc) is 2.86. The van der Waals surface area contributed by atoms with Crippen LogP contribution in [0.1, 0.15) is 26.3 Å². The largest absolute Gasteiger partial charge is 0.412 e. The minimum Gasteiger partial charge on any atom is -0.412 e. The van der Waals surface area contributed by atoms with Crippen molar-refractivity contribution in [3.8, 4) is 0 Å². The highest BCUT2D eigenvalue weighted by atomic mass is 32.2. The van der Waals surface area contributed by atoms with Crippen LogP contribution < -0.4 is 0 Å². The normalized spacial score (nSPS) is 15.0. The van der Waals surface area contributed by atoms with E-state index in [-0.39, 0.29) is 5.04 Å². The standard InChI is InChI=1S/C19H26OSSi/c1-15-7-10-17(11-8-15)21-18-12-9-16(13-18)14-20-22(5,6)19(2,3)4/h7-12H,14H2,1-6H3. The fourth-order valence-electron chi connectivity index (χ4n) is 1.77. The zero-order valence-electron chi connectivity index (χ0n) is 14.5. The Bertz CT molecular complexity index is 626. The SMILES string of the molecule is Cc1ccc(SC2=C=C(CO[Si](C)(C)C(C)(C)C)C=C2)cc1. The highest BCUT2D eigenvalue weighted by Crippen LogP contribution is 2.37. The van der Waals surface area contributed by atoms with Gasteiger partial charge in [0.2, 0.25) is 0 Å². The molecule has 22 heavy (non-hydrogen) atoms. The van der Waals surface area contributed by atoms with Crippen molar-refractivity contribution in [3.63, 3.8) is 0 Å². The molecule has 1 aromatic rings. The van der Waals surface area contributed by atoms with E-state index in [2.05, 4.69) is 82.9 Å². The van der Waals surface area contributed by atoms with Crippen LogP contribution in [0.2, 0.25) is 18.1 Å². The Balaban J connectivity index is 2.00. The van der Waals surface area contributed by atoms with Gasteiger partial charge in [-0.1, -0.05) is 56.0 Å². The van der Waals surface area contributed by atoms with E-state index >= 15 is 0 Å². The molecule has 0 fully saturated rings. The lowest BCUT2D eigenvalue weighted by Gasteiger charge is -2.36. The van der Waals surface area contributed by atoms with Crippen LogP contribution in [0.25, 0.3) is 0 Å². The highest BCUT2D eigenvalue weighted by Gasteiger charge is 2.37. The number of hydrogen-bond donors (Lipinski definition) is 0. The van der Waals surface area contributed by atoms with Crippen LogP contribution in [0.4, 0.5) is 0 Å². The van der Waals surface area contributed by atoms with Crippen LogP contribution in [0.3, 0.4) is 0 Å². The molecule has 0 saturated heterocycles. The van der Waals surface area contributed by atoms with E-state index in [0.717, 1.165) is 10.5 Å². The van der Waals surface area contributed by atoms with Gasteiger partial charge in [0.15, 0.2) is 8.32 Å². The van der Waals surface area contributed by atoms with Crippen molar-refractivity contribution >= 4 is 20.1 Å². The van der Waals surface area contributed by atoms with Gasteiger partial charge in [0.05, 0.1) is 11.5 Å². The molecule has 2 rings (SSSR count). The van der Waals surface area contributed by atoms with Crippen LogP contribution in [0, 0.1) is 6.92 Å². The van der Waals surface area contributed by atoms with Crippen LogP contribution in [0.15, 0.2) is 57.5 Å². The summed E-state index contributed by atoms with van der Waals surface area (Å²) in [4.78, 5) is 2.42. The van der Waals surface area contributed by atoms with Crippen molar-refractivity contribution < 1.29 is 4.43 Å². The predicted molar refractivity (Wildman–Crippen MR) is 99.9 cm³/mol. The molecule has 0 heterocycles. The minimum atomic E-state index is -1.69. The van der Waals surface area contributed by atoms with Crippen molar-refractivity contribution in [2.24, 2.45) is 0 Å². The summed E-state index contributed by atoms with van der Waals surface area (Å²) in [7, 11) is -1.69. The van der Waals surface area contributed by atoms with E-state index in [1.165, 1.54) is 10.5 Å². The molecule has 0 spiro atoms. The van der Waals surface area contributed by atoms with Crippen molar-refractivity contribution in [1.82, 2.24) is 0 Å². The summed E-state index contributed by atoms with van der Waals surface area (Å²) in [5.74, 6) is 0. The number of thioether (sulfide) groups is 1. The van der Waals surface area contributed by atoms with Gasteiger partial charge >= 0.3 is 0 Å². The zero-order valence-corrected chi connectivity index (χ0v) is 16.3. The van der Waals surface area contributed by atoms with Crippen LogP contribution in [-0.4, -0.2) is 14.9 Å². The average molecular weight is 331 g/mol. The molecule has 0 amide bonds. The molecule has 0 aliphatic heterocycles. The summed E-state index contributed by atoms with van der Waals surface area (Å²) in [5, 5.41) is 0.249.